The van der Waals surface area contributed by atoms with Crippen LogP contribution >= 0.6 is 11.6 Å². The number of nitrogens with zero attached hydrogens (tertiary/aromatic N) is 4. The number of rotatable bonds is 2. The molecule has 15 heavy (non-hydrogen) atoms. The maximum Gasteiger partial charge on any atom is 0.170 e. The minimum atomic E-state index is -0.484. The highest BCUT2D eigenvalue weighted by Gasteiger charge is 2.08. The fourth-order valence-electron chi connectivity index (χ4n) is 1.15. The fraction of sp³-hybridized carbons (Fsp3) is 0.125. The summed E-state index contributed by atoms with van der Waals surface area (Å²) >= 11 is 5.64. The summed E-state index contributed by atoms with van der Waals surface area (Å²) < 4.78 is 14.3. The zero-order valence-electron chi connectivity index (χ0n) is 7.56. The molecule has 0 amide bonds. The Morgan fingerprint density at radius 3 is 2.93 bits per heavy atom. The number of hydrogen-bond donors (Lipinski definition) is 1. The third-order valence-corrected chi connectivity index (χ3v) is 2.15. The van der Waals surface area contributed by atoms with Crippen molar-refractivity contribution in [3.05, 3.63) is 34.9 Å². The van der Waals surface area contributed by atoms with Crippen molar-refractivity contribution in [1.82, 2.24) is 20.2 Å². The predicted octanol–water partition coefficient (Wildman–Crippen LogP) is 0.913. The van der Waals surface area contributed by atoms with Crippen molar-refractivity contribution in [3.63, 3.8) is 0 Å². The van der Waals surface area contributed by atoms with Gasteiger partial charge in [-0.15, -0.1) is 5.10 Å². The molecule has 0 aliphatic heterocycles. The van der Waals surface area contributed by atoms with Gasteiger partial charge in [-0.05, 0) is 28.6 Å². The molecule has 2 aromatic rings. The van der Waals surface area contributed by atoms with Gasteiger partial charge in [0.15, 0.2) is 5.82 Å². The van der Waals surface area contributed by atoms with Crippen molar-refractivity contribution in [3.8, 4) is 5.69 Å². The average molecular weight is 228 g/mol. The summed E-state index contributed by atoms with van der Waals surface area (Å²) in [7, 11) is 0. The molecular formula is C8H7ClFN5. The fourth-order valence-corrected chi connectivity index (χ4v) is 1.33. The van der Waals surface area contributed by atoms with Gasteiger partial charge in [0.25, 0.3) is 0 Å². The Morgan fingerprint density at radius 1 is 1.47 bits per heavy atom. The van der Waals surface area contributed by atoms with Gasteiger partial charge in [0, 0.05) is 0 Å². The molecule has 78 valence electrons. The van der Waals surface area contributed by atoms with E-state index in [-0.39, 0.29) is 11.6 Å². The zero-order chi connectivity index (χ0) is 10.8. The van der Waals surface area contributed by atoms with E-state index in [1.54, 1.807) is 0 Å². The second-order valence-electron chi connectivity index (χ2n) is 2.81. The maximum atomic E-state index is 12.9. The molecule has 1 aromatic carbocycles. The van der Waals surface area contributed by atoms with Crippen LogP contribution in [0.1, 0.15) is 5.82 Å². The lowest BCUT2D eigenvalue weighted by molar-refractivity contribution is 0.627. The van der Waals surface area contributed by atoms with Crippen molar-refractivity contribution in [2.75, 3.05) is 0 Å². The molecule has 5 nitrogen and oxygen atoms in total. The van der Waals surface area contributed by atoms with E-state index >= 15 is 0 Å². The second-order valence-corrected chi connectivity index (χ2v) is 3.22. The van der Waals surface area contributed by atoms with E-state index in [0.29, 0.717) is 11.5 Å². The first kappa shape index (κ1) is 10.0. The molecule has 0 fully saturated rings. The summed E-state index contributed by atoms with van der Waals surface area (Å²) in [5, 5.41) is 10.9. The molecule has 0 unspecified atom stereocenters. The van der Waals surface area contributed by atoms with E-state index in [1.807, 2.05) is 0 Å². The summed E-state index contributed by atoms with van der Waals surface area (Å²) in [5.41, 5.74) is 6.01. The standard InChI is InChI=1S/C8H7ClFN5/c9-6-3-5(1-2-7(6)10)15-8(4-11)12-13-14-15/h1-3H,4,11H2. The van der Waals surface area contributed by atoms with Crippen LogP contribution in [0.5, 0.6) is 0 Å². The Kier molecular flexibility index (Phi) is 2.61. The molecule has 7 heteroatoms. The van der Waals surface area contributed by atoms with E-state index in [0.717, 1.165) is 0 Å². The lowest BCUT2D eigenvalue weighted by Crippen LogP contribution is -2.08. The molecule has 0 aliphatic rings. The Balaban J connectivity index is 2.50. The van der Waals surface area contributed by atoms with Gasteiger partial charge in [-0.3, -0.25) is 0 Å². The molecular weight excluding hydrogens is 221 g/mol. The number of tetrazole rings is 1. The lowest BCUT2D eigenvalue weighted by atomic mass is 10.3. The van der Waals surface area contributed by atoms with E-state index in [1.165, 1.54) is 22.9 Å². The molecule has 0 saturated heterocycles. The van der Waals surface area contributed by atoms with Crippen molar-refractivity contribution in [2.24, 2.45) is 5.73 Å². The van der Waals surface area contributed by atoms with Crippen molar-refractivity contribution < 1.29 is 4.39 Å². The van der Waals surface area contributed by atoms with E-state index in [2.05, 4.69) is 15.5 Å². The zero-order valence-corrected chi connectivity index (χ0v) is 8.32. The highest BCUT2D eigenvalue weighted by molar-refractivity contribution is 6.30. The molecule has 1 heterocycles. The van der Waals surface area contributed by atoms with Gasteiger partial charge in [-0.25, -0.2) is 4.39 Å². The lowest BCUT2D eigenvalue weighted by Gasteiger charge is -2.03. The molecule has 0 radical (unpaired) electrons. The summed E-state index contributed by atoms with van der Waals surface area (Å²) in [6.07, 6.45) is 0. The molecule has 0 aliphatic carbocycles. The van der Waals surface area contributed by atoms with Crippen LogP contribution in [-0.4, -0.2) is 20.2 Å². The monoisotopic (exact) mass is 227 g/mol. The molecule has 0 atom stereocenters. The van der Waals surface area contributed by atoms with E-state index in [9.17, 15) is 4.39 Å². The van der Waals surface area contributed by atoms with Crippen molar-refractivity contribution in [1.29, 1.82) is 0 Å². The first-order valence-electron chi connectivity index (χ1n) is 4.15. The summed E-state index contributed by atoms with van der Waals surface area (Å²) in [6.45, 7) is 0.196. The largest absolute Gasteiger partial charge is 0.324 e. The number of aromatic nitrogens is 4. The molecule has 2 rings (SSSR count). The molecule has 0 saturated carbocycles. The SMILES string of the molecule is NCc1nnnn1-c1ccc(F)c(Cl)c1. The van der Waals surface area contributed by atoms with Gasteiger partial charge in [0.05, 0.1) is 17.3 Å². The van der Waals surface area contributed by atoms with Crippen LogP contribution in [-0.2, 0) is 6.54 Å². The summed E-state index contributed by atoms with van der Waals surface area (Å²) in [6, 6.07) is 4.21. The minimum absolute atomic E-state index is 0.0194. The molecule has 0 bridgehead atoms. The smallest absolute Gasteiger partial charge is 0.170 e. The Labute approximate surface area is 89.6 Å². The van der Waals surface area contributed by atoms with Crippen LogP contribution in [0, 0.1) is 5.82 Å². The third kappa shape index (κ3) is 1.81. The summed E-state index contributed by atoms with van der Waals surface area (Å²) in [4.78, 5) is 0. The quantitative estimate of drug-likeness (QED) is 0.828. The van der Waals surface area contributed by atoms with Crippen LogP contribution in [0.4, 0.5) is 4.39 Å². The maximum absolute atomic E-state index is 12.9. The van der Waals surface area contributed by atoms with Gasteiger partial charge in [0.2, 0.25) is 0 Å². The van der Waals surface area contributed by atoms with Crippen molar-refractivity contribution >= 4 is 11.6 Å². The topological polar surface area (TPSA) is 69.6 Å². The van der Waals surface area contributed by atoms with Gasteiger partial charge in [0.1, 0.15) is 5.82 Å². The van der Waals surface area contributed by atoms with E-state index < -0.39 is 5.82 Å². The molecule has 2 N–H and O–H groups in total. The number of halogens is 2. The Bertz CT molecular complexity index is 484. The van der Waals surface area contributed by atoms with Gasteiger partial charge < -0.3 is 5.73 Å². The van der Waals surface area contributed by atoms with Crippen LogP contribution in [0.3, 0.4) is 0 Å². The van der Waals surface area contributed by atoms with Crippen molar-refractivity contribution in [2.45, 2.75) is 6.54 Å². The number of nitrogens with two attached hydrogens (primary N) is 1. The first-order chi connectivity index (χ1) is 7.22. The normalized spacial score (nSPS) is 10.6. The predicted molar refractivity (Wildman–Crippen MR) is 52.0 cm³/mol. The third-order valence-electron chi connectivity index (χ3n) is 1.86. The van der Waals surface area contributed by atoms with Gasteiger partial charge in [-0.2, -0.15) is 4.68 Å². The minimum Gasteiger partial charge on any atom is -0.324 e. The highest BCUT2D eigenvalue weighted by Crippen LogP contribution is 2.18. The van der Waals surface area contributed by atoms with Crippen LogP contribution in [0.2, 0.25) is 5.02 Å². The molecule has 0 spiro atoms. The Hall–Kier alpha value is -1.53. The first-order valence-corrected chi connectivity index (χ1v) is 4.53. The second kappa shape index (κ2) is 3.92. The average Bonchev–Trinajstić information content (AvgIpc) is 2.70. The molecule has 1 aromatic heterocycles. The van der Waals surface area contributed by atoms with Crippen LogP contribution < -0.4 is 5.73 Å². The number of benzene rings is 1. The van der Waals surface area contributed by atoms with Crippen LogP contribution in [0.25, 0.3) is 5.69 Å². The number of hydrogen-bond acceptors (Lipinski definition) is 4. The Morgan fingerprint density at radius 2 is 2.27 bits per heavy atom. The van der Waals surface area contributed by atoms with E-state index in [4.69, 9.17) is 17.3 Å². The highest BCUT2D eigenvalue weighted by atomic mass is 35.5. The summed E-state index contributed by atoms with van der Waals surface area (Å²) in [5.74, 6) is 0.000430. The van der Waals surface area contributed by atoms with Crippen LogP contribution in [0.15, 0.2) is 18.2 Å². The van der Waals surface area contributed by atoms with Gasteiger partial charge in [-0.1, -0.05) is 11.6 Å². The van der Waals surface area contributed by atoms with Gasteiger partial charge >= 0.3 is 0 Å².